The average molecular weight is 514 g/mol. The summed E-state index contributed by atoms with van der Waals surface area (Å²) >= 11 is 0. The van der Waals surface area contributed by atoms with E-state index in [-0.39, 0.29) is 29.1 Å². The number of hydrogen-bond acceptors (Lipinski definition) is 8. The molecule has 1 amide bonds. The second kappa shape index (κ2) is 11.5. The number of nitrogens with one attached hydrogen (secondary N) is 1. The van der Waals surface area contributed by atoms with Crippen LogP contribution in [0.25, 0.3) is 5.76 Å². The Balaban J connectivity index is 2.28. The third-order valence-electron chi connectivity index (χ3n) is 6.88. The summed E-state index contributed by atoms with van der Waals surface area (Å²) in [4.78, 5) is 45.6. The molecule has 200 valence electrons. The molecule has 0 radical (unpaired) electrons. The number of aromatic amines is 1. The molecule has 1 aliphatic heterocycles. The zero-order valence-electron chi connectivity index (χ0n) is 22.4. The number of H-pyrrole nitrogens is 1. The molecule has 0 bridgehead atoms. The van der Waals surface area contributed by atoms with E-state index in [1.165, 1.54) is 26.2 Å². The minimum Gasteiger partial charge on any atom is -0.507 e. The number of ketones is 1. The molecule has 2 heterocycles. The van der Waals surface area contributed by atoms with Gasteiger partial charge in [0.05, 0.1) is 32.9 Å². The molecule has 0 saturated carbocycles. The van der Waals surface area contributed by atoms with Crippen molar-refractivity contribution in [2.45, 2.75) is 33.7 Å². The van der Waals surface area contributed by atoms with E-state index in [9.17, 15) is 19.5 Å². The number of para-hydroxylation sites is 1. The Morgan fingerprint density at radius 2 is 1.78 bits per heavy atom. The Bertz CT molecular complexity index is 1230. The van der Waals surface area contributed by atoms with Gasteiger partial charge in [0.25, 0.3) is 11.7 Å². The van der Waals surface area contributed by atoms with E-state index >= 15 is 0 Å². The quantitative estimate of drug-likeness (QED) is 0.215. The summed E-state index contributed by atoms with van der Waals surface area (Å²) in [6.07, 6.45) is 0. The number of methoxy groups -OCH3 is 3. The number of aryl methyl sites for hydroxylation is 1. The van der Waals surface area contributed by atoms with Crippen LogP contribution >= 0.6 is 0 Å². The molecule has 1 atom stereocenters. The minimum absolute atomic E-state index is 0.0854. The largest absolute Gasteiger partial charge is 0.507 e. The van der Waals surface area contributed by atoms with E-state index in [2.05, 4.69) is 9.88 Å². The van der Waals surface area contributed by atoms with Gasteiger partial charge in [-0.2, -0.15) is 0 Å². The molecule has 1 aromatic carbocycles. The fraction of sp³-hybridized carbons (Fsp3) is 0.444. The predicted octanol–water partition coefficient (Wildman–Crippen LogP) is 3.20. The maximum Gasteiger partial charge on any atom is 0.354 e. The molecular formula is C27H35N3O7. The van der Waals surface area contributed by atoms with E-state index in [0.29, 0.717) is 34.9 Å². The molecule has 1 aliphatic rings. The molecule has 2 aromatic rings. The van der Waals surface area contributed by atoms with Crippen LogP contribution in [-0.2, 0) is 14.3 Å². The molecule has 0 spiro atoms. The van der Waals surface area contributed by atoms with Crippen LogP contribution in [0.2, 0.25) is 0 Å². The van der Waals surface area contributed by atoms with Crippen molar-refractivity contribution >= 4 is 23.4 Å². The molecular weight excluding hydrogens is 478 g/mol. The Morgan fingerprint density at radius 1 is 1.11 bits per heavy atom. The summed E-state index contributed by atoms with van der Waals surface area (Å²) in [5, 5.41) is 11.6. The standard InChI is InChI=1S/C27H35N3O7/c1-8-29(9-2)13-14-30-22(17-11-10-12-18(35-5)25(17)36-6)20(24(32)26(30)33)23(31)19-15(3)21(27(34)37-7)28-16(19)4/h10-12,22,28,31H,8-9,13-14H2,1-7H3/b23-20+/t22-/m1/s1. The van der Waals surface area contributed by atoms with Gasteiger partial charge in [-0.3, -0.25) is 9.59 Å². The molecule has 10 nitrogen and oxygen atoms in total. The minimum atomic E-state index is -0.934. The first-order chi connectivity index (χ1) is 17.7. The number of amides is 1. The number of nitrogens with zero attached hydrogens (tertiary/aromatic N) is 2. The van der Waals surface area contributed by atoms with Crippen molar-refractivity contribution in [1.82, 2.24) is 14.8 Å². The Labute approximate surface area is 216 Å². The van der Waals surface area contributed by atoms with Crippen LogP contribution < -0.4 is 9.47 Å². The summed E-state index contributed by atoms with van der Waals surface area (Å²) in [6, 6.07) is 4.26. The van der Waals surface area contributed by atoms with Crippen molar-refractivity contribution in [2.24, 2.45) is 0 Å². The monoisotopic (exact) mass is 513 g/mol. The van der Waals surface area contributed by atoms with E-state index in [0.717, 1.165) is 13.1 Å². The van der Waals surface area contributed by atoms with Gasteiger partial charge in [0, 0.05) is 29.9 Å². The van der Waals surface area contributed by atoms with Gasteiger partial charge in [0.1, 0.15) is 11.5 Å². The lowest BCUT2D eigenvalue weighted by Crippen LogP contribution is -2.38. The molecule has 1 fully saturated rings. The molecule has 0 aliphatic carbocycles. The molecule has 1 aromatic heterocycles. The summed E-state index contributed by atoms with van der Waals surface area (Å²) in [5.74, 6) is -1.73. The molecule has 2 N–H and O–H groups in total. The van der Waals surface area contributed by atoms with Gasteiger partial charge in [0.2, 0.25) is 0 Å². The highest BCUT2D eigenvalue weighted by Crippen LogP contribution is 2.46. The third-order valence-corrected chi connectivity index (χ3v) is 6.88. The fourth-order valence-electron chi connectivity index (χ4n) is 4.90. The Morgan fingerprint density at radius 3 is 2.35 bits per heavy atom. The van der Waals surface area contributed by atoms with Crippen LogP contribution in [0.3, 0.4) is 0 Å². The fourth-order valence-corrected chi connectivity index (χ4v) is 4.90. The van der Waals surface area contributed by atoms with Crippen molar-refractivity contribution in [3.63, 3.8) is 0 Å². The van der Waals surface area contributed by atoms with Crippen molar-refractivity contribution in [2.75, 3.05) is 47.5 Å². The molecule has 10 heteroatoms. The van der Waals surface area contributed by atoms with Crippen LogP contribution in [0.5, 0.6) is 11.5 Å². The van der Waals surface area contributed by atoms with E-state index in [4.69, 9.17) is 14.2 Å². The van der Waals surface area contributed by atoms with Crippen LogP contribution in [0.1, 0.15) is 52.8 Å². The average Bonchev–Trinajstić information content (AvgIpc) is 3.34. The number of likely N-dealkylation sites (tertiary alicyclic amines) is 1. The van der Waals surface area contributed by atoms with Crippen LogP contribution in [-0.4, -0.2) is 85.1 Å². The van der Waals surface area contributed by atoms with E-state index < -0.39 is 23.7 Å². The number of esters is 1. The van der Waals surface area contributed by atoms with Crippen molar-refractivity contribution in [3.8, 4) is 11.5 Å². The summed E-state index contributed by atoms with van der Waals surface area (Å²) in [5.41, 5.74) is 1.72. The van der Waals surface area contributed by atoms with Crippen LogP contribution in [0.15, 0.2) is 23.8 Å². The first-order valence-corrected chi connectivity index (χ1v) is 12.2. The number of carbonyl (C=O) groups is 3. The van der Waals surface area contributed by atoms with Gasteiger partial charge in [-0.1, -0.05) is 26.0 Å². The highest BCUT2D eigenvalue weighted by Gasteiger charge is 2.47. The number of ether oxygens (including phenoxy) is 3. The van der Waals surface area contributed by atoms with Crippen LogP contribution in [0.4, 0.5) is 0 Å². The lowest BCUT2D eigenvalue weighted by Gasteiger charge is -2.29. The van der Waals surface area contributed by atoms with Crippen LogP contribution in [0, 0.1) is 13.8 Å². The molecule has 3 rings (SSSR count). The summed E-state index contributed by atoms with van der Waals surface area (Å²) < 4.78 is 15.9. The smallest absolute Gasteiger partial charge is 0.354 e. The van der Waals surface area contributed by atoms with E-state index in [1.807, 2.05) is 13.8 Å². The van der Waals surface area contributed by atoms with Gasteiger partial charge < -0.3 is 34.1 Å². The normalized spacial score (nSPS) is 17.0. The molecule has 0 unspecified atom stereocenters. The number of rotatable bonds is 10. The van der Waals surface area contributed by atoms with Gasteiger partial charge in [-0.15, -0.1) is 0 Å². The Hall–Kier alpha value is -3.79. The van der Waals surface area contributed by atoms with E-state index in [1.54, 1.807) is 32.0 Å². The van der Waals surface area contributed by atoms with Crippen molar-refractivity contribution in [1.29, 1.82) is 0 Å². The topological polar surface area (TPSA) is 121 Å². The second-order valence-electron chi connectivity index (χ2n) is 8.72. The molecule has 37 heavy (non-hydrogen) atoms. The third kappa shape index (κ3) is 4.93. The number of benzene rings is 1. The first-order valence-electron chi connectivity index (χ1n) is 12.2. The SMILES string of the molecule is CCN(CC)CCN1C(=O)C(=O)/C(=C(/O)c2c(C)[nH]c(C(=O)OC)c2C)[C@H]1c1cccc(OC)c1OC. The number of carbonyl (C=O) groups excluding carboxylic acids is 3. The number of Topliss-reactive ketones (excluding diaryl/α,β-unsaturated/α-hetero) is 1. The zero-order chi connectivity index (χ0) is 27.4. The van der Waals surface area contributed by atoms with Gasteiger partial charge >= 0.3 is 5.97 Å². The van der Waals surface area contributed by atoms with Gasteiger partial charge in [-0.05, 0) is 38.6 Å². The van der Waals surface area contributed by atoms with Gasteiger partial charge in [0.15, 0.2) is 11.5 Å². The lowest BCUT2D eigenvalue weighted by atomic mass is 9.93. The summed E-state index contributed by atoms with van der Waals surface area (Å²) in [7, 11) is 4.24. The number of aliphatic hydroxyl groups is 1. The number of aromatic nitrogens is 1. The lowest BCUT2D eigenvalue weighted by molar-refractivity contribution is -0.140. The highest BCUT2D eigenvalue weighted by atomic mass is 16.5. The number of aliphatic hydroxyl groups excluding tert-OH is 1. The molecule has 1 saturated heterocycles. The highest BCUT2D eigenvalue weighted by molar-refractivity contribution is 6.46. The van der Waals surface area contributed by atoms with Crippen molar-refractivity contribution in [3.05, 3.63) is 51.9 Å². The van der Waals surface area contributed by atoms with Crippen molar-refractivity contribution < 1.29 is 33.7 Å². The summed E-state index contributed by atoms with van der Waals surface area (Å²) in [6.45, 7) is 9.73. The zero-order valence-corrected chi connectivity index (χ0v) is 22.4. The maximum atomic E-state index is 13.5. The number of hydrogen-bond donors (Lipinski definition) is 2. The maximum absolute atomic E-state index is 13.5. The predicted molar refractivity (Wildman–Crippen MR) is 138 cm³/mol. The first kappa shape index (κ1) is 27.8. The number of likely N-dealkylation sites (N-methyl/N-ethyl adjacent to an activating group) is 1. The Kier molecular flexibility index (Phi) is 8.65. The van der Waals surface area contributed by atoms with Gasteiger partial charge in [-0.25, -0.2) is 4.79 Å². The second-order valence-corrected chi connectivity index (χ2v) is 8.72.